The molecule has 128 valence electrons. The van der Waals surface area contributed by atoms with Gasteiger partial charge in [-0.25, -0.2) is 8.42 Å². The Morgan fingerprint density at radius 2 is 1.96 bits per heavy atom. The van der Waals surface area contributed by atoms with Gasteiger partial charge in [0.1, 0.15) is 0 Å². The molecule has 0 radical (unpaired) electrons. The molecular weight excluding hydrogens is 336 g/mol. The number of nitrogens with one attached hydrogen (secondary N) is 1. The molecule has 23 heavy (non-hydrogen) atoms. The van der Waals surface area contributed by atoms with E-state index < -0.39 is 9.84 Å². The second-order valence-electron chi connectivity index (χ2n) is 6.60. The molecule has 7 heteroatoms. The molecule has 1 saturated heterocycles. The molecule has 1 amide bonds. The predicted molar refractivity (Wildman–Crippen MR) is 92.6 cm³/mol. The summed E-state index contributed by atoms with van der Waals surface area (Å²) in [7, 11) is -2.91. The summed E-state index contributed by atoms with van der Waals surface area (Å²) in [5.74, 6) is 0.183. The highest BCUT2D eigenvalue weighted by atomic mass is 35.5. The molecule has 0 spiro atoms. The molecule has 1 aliphatic rings. The van der Waals surface area contributed by atoms with Gasteiger partial charge in [0.15, 0.2) is 9.84 Å². The first-order valence-corrected chi connectivity index (χ1v) is 9.83. The molecule has 1 N–H and O–H groups in total. The number of carbonyl (C=O) groups is 1. The maximum Gasteiger partial charge on any atom is 0.234 e. The van der Waals surface area contributed by atoms with E-state index in [1.54, 1.807) is 0 Å². The van der Waals surface area contributed by atoms with Crippen molar-refractivity contribution in [1.29, 1.82) is 0 Å². The van der Waals surface area contributed by atoms with Crippen LogP contribution >= 0.6 is 11.6 Å². The quantitative estimate of drug-likeness (QED) is 0.865. The van der Waals surface area contributed by atoms with Crippen LogP contribution in [0.4, 0.5) is 0 Å². The van der Waals surface area contributed by atoms with Gasteiger partial charge >= 0.3 is 0 Å². The smallest absolute Gasteiger partial charge is 0.234 e. The number of halogens is 1. The molecule has 1 aromatic carbocycles. The summed E-state index contributed by atoms with van der Waals surface area (Å²) in [5.41, 5.74) is 0.834. The number of nitrogens with zero attached hydrogens (tertiary/aromatic N) is 1. The molecule has 0 saturated carbocycles. The summed E-state index contributed by atoms with van der Waals surface area (Å²) in [6.07, 6.45) is 0. The number of benzene rings is 1. The number of amides is 1. The minimum absolute atomic E-state index is 0.0839. The molecule has 1 aliphatic heterocycles. The van der Waals surface area contributed by atoms with Gasteiger partial charge in [-0.1, -0.05) is 37.6 Å². The largest absolute Gasteiger partial charge is 0.354 e. The van der Waals surface area contributed by atoms with Crippen LogP contribution < -0.4 is 5.32 Å². The van der Waals surface area contributed by atoms with Gasteiger partial charge in [0.05, 0.1) is 18.1 Å². The molecule has 2 rings (SSSR count). The minimum atomic E-state index is -2.91. The van der Waals surface area contributed by atoms with Crippen LogP contribution in [0.15, 0.2) is 24.3 Å². The zero-order valence-corrected chi connectivity index (χ0v) is 15.1. The van der Waals surface area contributed by atoms with Crippen molar-refractivity contribution in [2.75, 3.05) is 37.7 Å². The molecule has 0 aromatic heterocycles. The van der Waals surface area contributed by atoms with Crippen LogP contribution in [0.1, 0.15) is 19.4 Å². The molecule has 0 atom stereocenters. The average Bonchev–Trinajstić information content (AvgIpc) is 2.48. The second-order valence-corrected chi connectivity index (χ2v) is 9.34. The van der Waals surface area contributed by atoms with Crippen molar-refractivity contribution in [3.8, 4) is 0 Å². The van der Waals surface area contributed by atoms with Crippen LogP contribution in [0.5, 0.6) is 0 Å². The Balaban J connectivity index is 1.84. The molecule has 0 aliphatic carbocycles. The van der Waals surface area contributed by atoms with E-state index in [0.717, 1.165) is 5.56 Å². The maximum atomic E-state index is 12.1. The van der Waals surface area contributed by atoms with Crippen LogP contribution in [0.2, 0.25) is 5.02 Å². The lowest BCUT2D eigenvalue weighted by atomic mass is 9.84. The second kappa shape index (κ2) is 7.20. The molecule has 1 fully saturated rings. The van der Waals surface area contributed by atoms with E-state index >= 15 is 0 Å². The Kier molecular flexibility index (Phi) is 5.70. The first-order chi connectivity index (χ1) is 10.7. The maximum absolute atomic E-state index is 12.1. The van der Waals surface area contributed by atoms with E-state index in [4.69, 9.17) is 11.6 Å². The Labute approximate surface area is 142 Å². The Bertz CT molecular complexity index is 660. The van der Waals surface area contributed by atoms with Gasteiger partial charge in [0, 0.05) is 30.1 Å². The summed E-state index contributed by atoms with van der Waals surface area (Å²) < 4.78 is 22.8. The molecule has 1 heterocycles. The first kappa shape index (κ1) is 18.2. The standard InChI is InChI=1S/C16H23ClN2O3S/c1-16(2,13-4-3-5-14(17)10-13)12-18-15(20)11-19-6-8-23(21,22)9-7-19/h3-5,10H,6-9,11-12H2,1-2H3,(H,18,20). The fourth-order valence-corrected chi connectivity index (χ4v) is 3.97. The number of carbonyl (C=O) groups excluding carboxylic acids is 1. The van der Waals surface area contributed by atoms with Crippen molar-refractivity contribution < 1.29 is 13.2 Å². The van der Waals surface area contributed by atoms with Crippen molar-refractivity contribution in [2.45, 2.75) is 19.3 Å². The highest BCUT2D eigenvalue weighted by Crippen LogP contribution is 2.24. The van der Waals surface area contributed by atoms with Gasteiger partial charge in [-0.2, -0.15) is 0 Å². The molecule has 5 nitrogen and oxygen atoms in total. The van der Waals surface area contributed by atoms with Crippen LogP contribution in [-0.4, -0.2) is 56.9 Å². The van der Waals surface area contributed by atoms with Crippen LogP contribution in [0.25, 0.3) is 0 Å². The van der Waals surface area contributed by atoms with Crippen molar-refractivity contribution in [3.63, 3.8) is 0 Å². The van der Waals surface area contributed by atoms with Crippen molar-refractivity contribution in [3.05, 3.63) is 34.9 Å². The van der Waals surface area contributed by atoms with Crippen LogP contribution in [0.3, 0.4) is 0 Å². The van der Waals surface area contributed by atoms with E-state index in [1.165, 1.54) is 0 Å². The summed E-state index contributed by atoms with van der Waals surface area (Å²) >= 11 is 6.02. The first-order valence-electron chi connectivity index (χ1n) is 7.63. The van der Waals surface area contributed by atoms with Crippen molar-refractivity contribution in [1.82, 2.24) is 10.2 Å². The zero-order chi connectivity index (χ0) is 17.1. The fourth-order valence-electron chi connectivity index (χ4n) is 2.50. The van der Waals surface area contributed by atoms with E-state index in [-0.39, 0.29) is 29.4 Å². The van der Waals surface area contributed by atoms with Crippen LogP contribution in [-0.2, 0) is 20.0 Å². The highest BCUT2D eigenvalue weighted by molar-refractivity contribution is 7.91. The fraction of sp³-hybridized carbons (Fsp3) is 0.562. The normalized spacial score (nSPS) is 18.6. The van der Waals surface area contributed by atoms with E-state index in [1.807, 2.05) is 43.0 Å². The third-order valence-corrected chi connectivity index (χ3v) is 5.98. The molecule has 0 bridgehead atoms. The number of hydrogen-bond acceptors (Lipinski definition) is 4. The average molecular weight is 359 g/mol. The summed E-state index contributed by atoms with van der Waals surface area (Å²) in [6, 6.07) is 7.62. The summed E-state index contributed by atoms with van der Waals surface area (Å²) in [5, 5.41) is 3.61. The van der Waals surface area contributed by atoms with Crippen molar-refractivity contribution >= 4 is 27.3 Å². The lowest BCUT2D eigenvalue weighted by molar-refractivity contribution is -0.122. The lowest BCUT2D eigenvalue weighted by Crippen LogP contribution is -2.47. The lowest BCUT2D eigenvalue weighted by Gasteiger charge is -2.28. The van der Waals surface area contributed by atoms with Crippen molar-refractivity contribution in [2.24, 2.45) is 0 Å². The minimum Gasteiger partial charge on any atom is -0.354 e. The number of sulfone groups is 1. The topological polar surface area (TPSA) is 66.5 Å². The van der Waals surface area contributed by atoms with Gasteiger partial charge in [0.2, 0.25) is 5.91 Å². The van der Waals surface area contributed by atoms with Crippen LogP contribution in [0, 0.1) is 0 Å². The van der Waals surface area contributed by atoms with E-state index in [2.05, 4.69) is 5.32 Å². The predicted octanol–water partition coefficient (Wildman–Crippen LogP) is 1.46. The molecule has 1 aromatic rings. The van der Waals surface area contributed by atoms with Gasteiger partial charge in [-0.05, 0) is 17.7 Å². The summed E-state index contributed by atoms with van der Waals surface area (Å²) in [4.78, 5) is 14.0. The Morgan fingerprint density at radius 1 is 1.30 bits per heavy atom. The summed E-state index contributed by atoms with van der Waals surface area (Å²) in [6.45, 7) is 5.68. The Hall–Kier alpha value is -1.11. The van der Waals surface area contributed by atoms with Gasteiger partial charge in [-0.3, -0.25) is 9.69 Å². The Morgan fingerprint density at radius 3 is 2.57 bits per heavy atom. The number of hydrogen-bond donors (Lipinski definition) is 1. The molecular formula is C16H23ClN2O3S. The van der Waals surface area contributed by atoms with Gasteiger partial charge in [0.25, 0.3) is 0 Å². The monoisotopic (exact) mass is 358 g/mol. The highest BCUT2D eigenvalue weighted by Gasteiger charge is 2.25. The van der Waals surface area contributed by atoms with E-state index in [9.17, 15) is 13.2 Å². The SMILES string of the molecule is CC(C)(CNC(=O)CN1CCS(=O)(=O)CC1)c1cccc(Cl)c1. The van der Waals surface area contributed by atoms with Gasteiger partial charge < -0.3 is 5.32 Å². The third kappa shape index (κ3) is 5.48. The van der Waals surface area contributed by atoms with E-state index in [0.29, 0.717) is 24.7 Å². The zero-order valence-electron chi connectivity index (χ0n) is 13.5. The number of rotatable bonds is 5. The molecule has 0 unspecified atom stereocenters. The third-order valence-electron chi connectivity index (χ3n) is 4.14. The van der Waals surface area contributed by atoms with Gasteiger partial charge in [-0.15, -0.1) is 0 Å².